The normalized spacial score (nSPS) is 13.5. The van der Waals surface area contributed by atoms with Gasteiger partial charge in [0.2, 0.25) is 0 Å². The number of H-pyrrole nitrogens is 1. The molecule has 2 aromatic carbocycles. The number of anilines is 1. The van der Waals surface area contributed by atoms with E-state index < -0.39 is 0 Å². The maximum Gasteiger partial charge on any atom is 0.267 e. The van der Waals surface area contributed by atoms with Gasteiger partial charge in [-0.25, -0.2) is 4.90 Å². The summed E-state index contributed by atoms with van der Waals surface area (Å²) in [6.07, 6.45) is 0. The second-order valence-corrected chi connectivity index (χ2v) is 5.40. The van der Waals surface area contributed by atoms with Crippen molar-refractivity contribution in [2.24, 2.45) is 0 Å². The Balaban J connectivity index is 1.81. The molecule has 1 aliphatic rings. The van der Waals surface area contributed by atoms with Crippen LogP contribution in [0, 0.1) is 6.92 Å². The molecular formula is C18H13N3O2. The van der Waals surface area contributed by atoms with Crippen LogP contribution >= 0.6 is 0 Å². The molecule has 0 radical (unpaired) electrons. The van der Waals surface area contributed by atoms with Crippen LogP contribution in [0.25, 0.3) is 11.3 Å². The second-order valence-electron chi connectivity index (χ2n) is 5.40. The van der Waals surface area contributed by atoms with Gasteiger partial charge in [0.1, 0.15) is 5.82 Å². The molecule has 0 fully saturated rings. The molecule has 0 saturated carbocycles. The van der Waals surface area contributed by atoms with Gasteiger partial charge in [0, 0.05) is 11.1 Å². The molecule has 112 valence electrons. The van der Waals surface area contributed by atoms with E-state index in [4.69, 9.17) is 0 Å². The first kappa shape index (κ1) is 13.5. The van der Waals surface area contributed by atoms with Crippen molar-refractivity contribution in [2.45, 2.75) is 6.92 Å². The third kappa shape index (κ3) is 1.90. The fraction of sp³-hybridized carbons (Fsp3) is 0.0556. The van der Waals surface area contributed by atoms with Crippen LogP contribution in [0.15, 0.2) is 54.6 Å². The summed E-state index contributed by atoms with van der Waals surface area (Å²) >= 11 is 0. The zero-order valence-electron chi connectivity index (χ0n) is 12.4. The quantitative estimate of drug-likeness (QED) is 0.739. The van der Waals surface area contributed by atoms with Crippen LogP contribution in [0.4, 0.5) is 5.82 Å². The number of aromatic amines is 1. The van der Waals surface area contributed by atoms with E-state index in [1.54, 1.807) is 24.3 Å². The number of hydrogen-bond acceptors (Lipinski definition) is 3. The van der Waals surface area contributed by atoms with Gasteiger partial charge in [-0.1, -0.05) is 42.5 Å². The van der Waals surface area contributed by atoms with Crippen molar-refractivity contribution in [2.75, 3.05) is 4.90 Å². The average Bonchev–Trinajstić information content (AvgIpc) is 3.07. The molecule has 1 aromatic heterocycles. The molecule has 23 heavy (non-hydrogen) atoms. The van der Waals surface area contributed by atoms with Gasteiger partial charge in [0.25, 0.3) is 11.8 Å². The van der Waals surface area contributed by atoms with E-state index in [-0.39, 0.29) is 11.8 Å². The molecule has 0 spiro atoms. The van der Waals surface area contributed by atoms with Gasteiger partial charge in [0.15, 0.2) is 0 Å². The first-order valence-electron chi connectivity index (χ1n) is 7.26. The van der Waals surface area contributed by atoms with E-state index in [0.29, 0.717) is 16.9 Å². The predicted molar refractivity (Wildman–Crippen MR) is 86.3 cm³/mol. The number of imide groups is 1. The first-order chi connectivity index (χ1) is 11.2. The van der Waals surface area contributed by atoms with Gasteiger partial charge in [-0.3, -0.25) is 14.7 Å². The number of aromatic nitrogens is 2. The molecule has 5 nitrogen and oxygen atoms in total. The summed E-state index contributed by atoms with van der Waals surface area (Å²) in [6, 6.07) is 16.5. The smallest absolute Gasteiger partial charge is 0.267 e. The molecule has 0 aliphatic carbocycles. The highest BCUT2D eigenvalue weighted by Gasteiger charge is 2.38. The minimum absolute atomic E-state index is 0.322. The fourth-order valence-corrected chi connectivity index (χ4v) is 2.88. The molecule has 2 amide bonds. The Morgan fingerprint density at radius 3 is 2.04 bits per heavy atom. The zero-order chi connectivity index (χ0) is 16.0. The summed E-state index contributed by atoms with van der Waals surface area (Å²) in [4.78, 5) is 26.3. The molecule has 0 saturated heterocycles. The van der Waals surface area contributed by atoms with E-state index in [2.05, 4.69) is 10.2 Å². The van der Waals surface area contributed by atoms with Gasteiger partial charge < -0.3 is 0 Å². The Kier molecular flexibility index (Phi) is 2.87. The van der Waals surface area contributed by atoms with Crippen molar-refractivity contribution in [1.29, 1.82) is 0 Å². The minimum atomic E-state index is -0.322. The lowest BCUT2D eigenvalue weighted by Crippen LogP contribution is -2.30. The third-order valence-corrected chi connectivity index (χ3v) is 4.05. The van der Waals surface area contributed by atoms with Crippen LogP contribution < -0.4 is 4.90 Å². The van der Waals surface area contributed by atoms with Crippen LogP contribution in [-0.4, -0.2) is 22.0 Å². The Labute approximate surface area is 132 Å². The highest BCUT2D eigenvalue weighted by atomic mass is 16.2. The van der Waals surface area contributed by atoms with Crippen molar-refractivity contribution in [3.8, 4) is 11.3 Å². The Morgan fingerprint density at radius 2 is 1.43 bits per heavy atom. The summed E-state index contributed by atoms with van der Waals surface area (Å²) in [6.45, 7) is 1.85. The highest BCUT2D eigenvalue weighted by molar-refractivity contribution is 6.34. The summed E-state index contributed by atoms with van der Waals surface area (Å²) in [7, 11) is 0. The number of amides is 2. The lowest BCUT2D eigenvalue weighted by atomic mass is 10.1. The molecule has 0 atom stereocenters. The number of rotatable bonds is 2. The van der Waals surface area contributed by atoms with Crippen molar-refractivity contribution in [3.05, 3.63) is 71.3 Å². The predicted octanol–water partition coefficient (Wildman–Crippen LogP) is 3.19. The van der Waals surface area contributed by atoms with Crippen LogP contribution in [0.5, 0.6) is 0 Å². The van der Waals surface area contributed by atoms with Crippen molar-refractivity contribution in [3.63, 3.8) is 0 Å². The molecular weight excluding hydrogens is 290 g/mol. The highest BCUT2D eigenvalue weighted by Crippen LogP contribution is 2.33. The van der Waals surface area contributed by atoms with E-state index >= 15 is 0 Å². The Bertz CT molecular complexity index is 893. The standard InChI is InChI=1S/C18H13N3O2/c1-11-15(12-7-3-2-4-8-12)19-20-16(11)21-17(22)13-9-5-6-10-14(13)18(21)23/h2-10H,1H3,(H,19,20). The number of hydrogen-bond donors (Lipinski definition) is 1. The molecule has 0 unspecified atom stereocenters. The third-order valence-electron chi connectivity index (χ3n) is 4.05. The fourth-order valence-electron chi connectivity index (χ4n) is 2.88. The maximum atomic E-state index is 12.6. The largest absolute Gasteiger partial charge is 0.268 e. The molecule has 2 heterocycles. The van der Waals surface area contributed by atoms with Crippen molar-refractivity contribution < 1.29 is 9.59 Å². The molecule has 3 aromatic rings. The minimum Gasteiger partial charge on any atom is -0.268 e. The number of carbonyl (C=O) groups is 2. The lowest BCUT2D eigenvalue weighted by Gasteiger charge is -2.12. The number of benzene rings is 2. The summed E-state index contributed by atoms with van der Waals surface area (Å²) < 4.78 is 0. The zero-order valence-corrected chi connectivity index (χ0v) is 12.4. The molecule has 1 N–H and O–H groups in total. The maximum absolute atomic E-state index is 12.6. The second kappa shape index (κ2) is 4.91. The van der Waals surface area contributed by atoms with Crippen LogP contribution in [0.1, 0.15) is 26.3 Å². The van der Waals surface area contributed by atoms with Crippen LogP contribution in [0.2, 0.25) is 0 Å². The van der Waals surface area contributed by atoms with E-state index in [9.17, 15) is 9.59 Å². The first-order valence-corrected chi connectivity index (χ1v) is 7.26. The SMILES string of the molecule is Cc1c(-c2ccccc2)n[nH]c1N1C(=O)c2ccccc2C1=O. The summed E-state index contributed by atoms with van der Waals surface area (Å²) in [5.41, 5.74) is 3.28. The summed E-state index contributed by atoms with van der Waals surface area (Å²) in [5, 5.41) is 7.14. The van der Waals surface area contributed by atoms with Gasteiger partial charge in [-0.15, -0.1) is 0 Å². The van der Waals surface area contributed by atoms with Gasteiger partial charge in [-0.05, 0) is 19.1 Å². The molecule has 4 rings (SSSR count). The number of nitrogens with zero attached hydrogens (tertiary/aromatic N) is 2. The van der Waals surface area contributed by atoms with Crippen LogP contribution in [0.3, 0.4) is 0 Å². The lowest BCUT2D eigenvalue weighted by molar-refractivity contribution is 0.0925. The number of nitrogens with one attached hydrogen (secondary N) is 1. The Morgan fingerprint density at radius 1 is 0.870 bits per heavy atom. The molecule has 1 aliphatic heterocycles. The average molecular weight is 303 g/mol. The van der Waals surface area contributed by atoms with E-state index in [1.807, 2.05) is 37.3 Å². The summed E-state index contributed by atoms with van der Waals surface area (Å²) in [5.74, 6) is -0.219. The van der Waals surface area contributed by atoms with Crippen LogP contribution in [-0.2, 0) is 0 Å². The topological polar surface area (TPSA) is 66.1 Å². The molecule has 0 bridgehead atoms. The molecule has 5 heteroatoms. The van der Waals surface area contributed by atoms with Gasteiger partial charge in [0.05, 0.1) is 16.8 Å². The van der Waals surface area contributed by atoms with Crippen molar-refractivity contribution >= 4 is 17.6 Å². The van der Waals surface area contributed by atoms with E-state index in [1.165, 1.54) is 4.90 Å². The monoisotopic (exact) mass is 303 g/mol. The van der Waals surface area contributed by atoms with Crippen molar-refractivity contribution in [1.82, 2.24) is 10.2 Å². The number of fused-ring (bicyclic) bond motifs is 1. The number of carbonyl (C=O) groups excluding carboxylic acids is 2. The van der Waals surface area contributed by atoms with Gasteiger partial charge >= 0.3 is 0 Å². The Hall–Kier alpha value is -3.21. The van der Waals surface area contributed by atoms with E-state index in [0.717, 1.165) is 16.8 Å². The van der Waals surface area contributed by atoms with Gasteiger partial charge in [-0.2, -0.15) is 5.10 Å².